The largest absolute Gasteiger partial charge is 0.415 e. The Morgan fingerprint density at radius 1 is 0.857 bits per heavy atom. The quantitative estimate of drug-likeness (QED) is 0.867. The maximum atomic E-state index is 12.9. The van der Waals surface area contributed by atoms with Crippen molar-refractivity contribution in [3.05, 3.63) is 65.2 Å². The number of hydrogen-bond donors (Lipinski definition) is 1. The fourth-order valence-electron chi connectivity index (χ4n) is 3.45. The molecule has 0 spiro atoms. The van der Waals surface area contributed by atoms with Crippen LogP contribution in [0.3, 0.4) is 0 Å². The number of ether oxygens (including phenoxy) is 1. The Balaban J connectivity index is 0.00000109. The number of para-hydroxylation sites is 1. The van der Waals surface area contributed by atoms with Gasteiger partial charge in [-0.2, -0.15) is 0 Å². The molecule has 2 aliphatic heterocycles. The van der Waals surface area contributed by atoms with Gasteiger partial charge in [-0.15, -0.1) is 0 Å². The maximum Gasteiger partial charge on any atom is 0.415 e. The van der Waals surface area contributed by atoms with Crippen LogP contribution in [0.4, 0.5) is 4.79 Å². The highest BCUT2D eigenvalue weighted by Crippen LogP contribution is 2.22. The van der Waals surface area contributed by atoms with Gasteiger partial charge in [-0.05, 0) is 29.3 Å². The van der Waals surface area contributed by atoms with E-state index in [0.29, 0.717) is 31.9 Å². The van der Waals surface area contributed by atoms with Crippen LogP contribution < -0.4 is 10.1 Å². The van der Waals surface area contributed by atoms with Gasteiger partial charge in [-0.1, -0.05) is 44.2 Å². The van der Waals surface area contributed by atoms with Crippen molar-refractivity contribution in [3.63, 3.8) is 0 Å². The third-order valence-corrected chi connectivity index (χ3v) is 4.89. The first-order valence-electron chi connectivity index (χ1n) is 9.85. The van der Waals surface area contributed by atoms with E-state index in [2.05, 4.69) is 11.4 Å². The van der Waals surface area contributed by atoms with Crippen LogP contribution >= 0.6 is 0 Å². The van der Waals surface area contributed by atoms with Gasteiger partial charge in [0.25, 0.3) is 5.91 Å². The van der Waals surface area contributed by atoms with E-state index in [-0.39, 0.29) is 12.0 Å². The van der Waals surface area contributed by atoms with Gasteiger partial charge >= 0.3 is 6.09 Å². The number of hydrogen-bond acceptors (Lipinski definition) is 4. The molecule has 0 atom stereocenters. The molecule has 6 heteroatoms. The SMILES string of the molecule is CC.O=C(Oc1ccccc1)N1CCN(C(=O)c2cccc3c2CNC3)CC1. The number of carbonyl (C=O) groups is 2. The monoisotopic (exact) mass is 381 g/mol. The van der Waals surface area contributed by atoms with Gasteiger partial charge in [0, 0.05) is 44.8 Å². The highest BCUT2D eigenvalue weighted by atomic mass is 16.6. The summed E-state index contributed by atoms with van der Waals surface area (Å²) in [7, 11) is 0. The fraction of sp³-hybridized carbons (Fsp3) is 0.364. The lowest BCUT2D eigenvalue weighted by molar-refractivity contribution is 0.0632. The molecule has 0 saturated carbocycles. The second-order valence-electron chi connectivity index (χ2n) is 6.51. The van der Waals surface area contributed by atoms with Crippen LogP contribution in [0.5, 0.6) is 5.75 Å². The predicted molar refractivity (Wildman–Crippen MR) is 108 cm³/mol. The van der Waals surface area contributed by atoms with Crippen molar-refractivity contribution >= 4 is 12.0 Å². The zero-order chi connectivity index (χ0) is 19.9. The summed E-state index contributed by atoms with van der Waals surface area (Å²) in [5.41, 5.74) is 3.07. The molecule has 4 rings (SSSR count). The Kier molecular flexibility index (Phi) is 6.66. The number of nitrogens with zero attached hydrogens (tertiary/aromatic N) is 2. The first-order chi connectivity index (χ1) is 13.7. The smallest absolute Gasteiger partial charge is 0.410 e. The van der Waals surface area contributed by atoms with Crippen molar-refractivity contribution in [3.8, 4) is 5.75 Å². The van der Waals surface area contributed by atoms with E-state index in [1.807, 2.05) is 49.1 Å². The minimum absolute atomic E-state index is 0.0432. The first kappa shape index (κ1) is 19.9. The molecule has 1 saturated heterocycles. The molecule has 2 aromatic carbocycles. The zero-order valence-electron chi connectivity index (χ0n) is 16.5. The summed E-state index contributed by atoms with van der Waals surface area (Å²) in [5.74, 6) is 0.574. The molecule has 0 aromatic heterocycles. The Hall–Kier alpha value is -2.86. The normalized spacial score (nSPS) is 15.4. The van der Waals surface area contributed by atoms with Crippen LogP contribution in [-0.4, -0.2) is 48.0 Å². The molecule has 0 radical (unpaired) electrons. The number of carbonyl (C=O) groups excluding carboxylic acids is 2. The van der Waals surface area contributed by atoms with Crippen LogP contribution in [0.15, 0.2) is 48.5 Å². The second kappa shape index (κ2) is 9.37. The number of piperazine rings is 1. The van der Waals surface area contributed by atoms with Crippen molar-refractivity contribution in [2.45, 2.75) is 26.9 Å². The van der Waals surface area contributed by atoms with Crippen LogP contribution in [-0.2, 0) is 13.1 Å². The number of fused-ring (bicyclic) bond motifs is 1. The Labute approximate surface area is 166 Å². The van der Waals surface area contributed by atoms with Gasteiger partial charge in [0.15, 0.2) is 0 Å². The summed E-state index contributed by atoms with van der Waals surface area (Å²) in [5, 5.41) is 3.29. The molecule has 2 amide bonds. The van der Waals surface area contributed by atoms with Crippen LogP contribution in [0.1, 0.15) is 35.3 Å². The van der Waals surface area contributed by atoms with Gasteiger partial charge in [-0.25, -0.2) is 4.79 Å². The van der Waals surface area contributed by atoms with Crippen LogP contribution in [0, 0.1) is 0 Å². The molecule has 1 N–H and O–H groups in total. The molecule has 28 heavy (non-hydrogen) atoms. The van der Waals surface area contributed by atoms with Gasteiger partial charge in [0.1, 0.15) is 5.75 Å². The van der Waals surface area contributed by atoms with Crippen molar-refractivity contribution < 1.29 is 14.3 Å². The van der Waals surface area contributed by atoms with E-state index >= 15 is 0 Å². The lowest BCUT2D eigenvalue weighted by Crippen LogP contribution is -2.51. The summed E-state index contributed by atoms with van der Waals surface area (Å²) in [4.78, 5) is 28.6. The topological polar surface area (TPSA) is 61.9 Å². The molecule has 0 unspecified atom stereocenters. The molecule has 2 aromatic rings. The van der Waals surface area contributed by atoms with E-state index in [4.69, 9.17) is 4.74 Å². The lowest BCUT2D eigenvalue weighted by Gasteiger charge is -2.34. The van der Waals surface area contributed by atoms with Gasteiger partial charge in [0.2, 0.25) is 0 Å². The average Bonchev–Trinajstić information content (AvgIpc) is 3.24. The fourth-order valence-corrected chi connectivity index (χ4v) is 3.45. The summed E-state index contributed by atoms with van der Waals surface area (Å²) < 4.78 is 5.37. The van der Waals surface area contributed by atoms with Gasteiger partial charge in [-0.3, -0.25) is 4.79 Å². The number of benzene rings is 2. The second-order valence-corrected chi connectivity index (χ2v) is 6.51. The maximum absolute atomic E-state index is 12.9. The van der Waals surface area contributed by atoms with Crippen molar-refractivity contribution in [2.75, 3.05) is 26.2 Å². The van der Waals surface area contributed by atoms with E-state index in [1.165, 1.54) is 5.56 Å². The minimum atomic E-state index is -0.367. The molecule has 148 valence electrons. The van der Waals surface area contributed by atoms with E-state index in [9.17, 15) is 9.59 Å². The number of rotatable bonds is 2. The van der Waals surface area contributed by atoms with Gasteiger partial charge < -0.3 is 19.9 Å². The molecular formula is C22H27N3O3. The third kappa shape index (κ3) is 4.34. The number of amides is 2. The number of nitrogens with one attached hydrogen (secondary N) is 1. The summed E-state index contributed by atoms with van der Waals surface area (Å²) >= 11 is 0. The van der Waals surface area contributed by atoms with Crippen molar-refractivity contribution in [1.82, 2.24) is 15.1 Å². The zero-order valence-corrected chi connectivity index (χ0v) is 16.5. The van der Waals surface area contributed by atoms with E-state index in [0.717, 1.165) is 24.2 Å². The first-order valence-corrected chi connectivity index (χ1v) is 9.85. The molecule has 2 heterocycles. The molecule has 0 bridgehead atoms. The van der Waals surface area contributed by atoms with Crippen molar-refractivity contribution in [2.24, 2.45) is 0 Å². The third-order valence-electron chi connectivity index (χ3n) is 4.89. The highest BCUT2D eigenvalue weighted by Gasteiger charge is 2.28. The Bertz CT molecular complexity index is 815. The van der Waals surface area contributed by atoms with Crippen LogP contribution in [0.25, 0.3) is 0 Å². The minimum Gasteiger partial charge on any atom is -0.410 e. The lowest BCUT2D eigenvalue weighted by atomic mass is 10.0. The van der Waals surface area contributed by atoms with E-state index in [1.54, 1.807) is 17.0 Å². The molecule has 6 nitrogen and oxygen atoms in total. The summed E-state index contributed by atoms with van der Waals surface area (Å²) in [6.45, 7) is 7.53. The highest BCUT2D eigenvalue weighted by molar-refractivity contribution is 5.96. The summed E-state index contributed by atoms with van der Waals surface area (Å²) in [6.07, 6.45) is -0.367. The molecule has 2 aliphatic rings. The van der Waals surface area contributed by atoms with Crippen LogP contribution in [0.2, 0.25) is 0 Å². The molecule has 1 fully saturated rings. The Morgan fingerprint density at radius 2 is 1.54 bits per heavy atom. The Morgan fingerprint density at radius 3 is 2.25 bits per heavy atom. The summed E-state index contributed by atoms with van der Waals surface area (Å²) in [6, 6.07) is 14.9. The van der Waals surface area contributed by atoms with E-state index < -0.39 is 0 Å². The van der Waals surface area contributed by atoms with Gasteiger partial charge in [0.05, 0.1) is 0 Å². The van der Waals surface area contributed by atoms with Crippen molar-refractivity contribution in [1.29, 1.82) is 0 Å². The molecule has 0 aliphatic carbocycles. The standard InChI is InChI=1S/C20H21N3O3.C2H6/c24-19(17-8-4-5-15-13-21-14-18(15)17)22-9-11-23(12-10-22)20(25)26-16-6-2-1-3-7-16;1-2/h1-8,21H,9-14H2;1-2H3. The average molecular weight is 381 g/mol. The molecular weight excluding hydrogens is 354 g/mol. The predicted octanol–water partition coefficient (Wildman–Crippen LogP) is 3.27.